The molecule has 0 fully saturated rings. The molecule has 1 atom stereocenters. The Labute approximate surface area is 118 Å². The molecule has 0 aliphatic heterocycles. The molecule has 1 aromatic rings. The average molecular weight is 257 g/mol. The van der Waals surface area contributed by atoms with Crippen LogP contribution in [0.2, 0.25) is 0 Å². The lowest BCUT2D eigenvalue weighted by molar-refractivity contribution is 0.578. The number of hydrogen-bond acceptors (Lipinski definition) is 1. The smallest absolute Gasteiger partial charge is 0.0409 e. The fraction of sp³-hybridized carbons (Fsp3) is 0.500. The molecule has 0 N–H and O–H groups in total. The molecule has 0 radical (unpaired) electrons. The number of pyridine rings is 1. The van der Waals surface area contributed by atoms with Crippen molar-refractivity contribution in [3.8, 4) is 0 Å². The summed E-state index contributed by atoms with van der Waals surface area (Å²) >= 11 is 0. The van der Waals surface area contributed by atoms with Crippen molar-refractivity contribution < 1.29 is 0 Å². The maximum atomic E-state index is 4.76. The van der Waals surface area contributed by atoms with Crippen LogP contribution in [0.1, 0.15) is 50.4 Å². The number of aryl methyl sites for hydroxylation is 1. The molecule has 1 heterocycles. The van der Waals surface area contributed by atoms with E-state index in [0.29, 0.717) is 5.92 Å². The zero-order valence-electron chi connectivity index (χ0n) is 12.3. The summed E-state index contributed by atoms with van der Waals surface area (Å²) in [5, 5.41) is 0. The van der Waals surface area contributed by atoms with E-state index in [1.54, 1.807) is 0 Å². The molecule has 1 rings (SSSR count). The molecule has 0 spiro atoms. The Morgan fingerprint density at radius 2 is 1.89 bits per heavy atom. The van der Waals surface area contributed by atoms with Gasteiger partial charge in [-0.1, -0.05) is 31.6 Å². The van der Waals surface area contributed by atoms with Gasteiger partial charge in [0, 0.05) is 11.4 Å². The Bertz CT molecular complexity index is 381. The summed E-state index contributed by atoms with van der Waals surface area (Å²) in [5.74, 6) is 0.632. The molecular formula is C18H27N. The van der Waals surface area contributed by atoms with E-state index in [4.69, 9.17) is 4.98 Å². The van der Waals surface area contributed by atoms with Gasteiger partial charge in [0.05, 0.1) is 0 Å². The number of allylic oxidation sites excluding steroid dienone is 2. The lowest BCUT2D eigenvalue weighted by atomic mass is 10.0. The van der Waals surface area contributed by atoms with Crippen molar-refractivity contribution in [2.45, 2.75) is 51.9 Å². The molecule has 1 heteroatoms. The monoisotopic (exact) mass is 257 g/mol. The van der Waals surface area contributed by atoms with Crippen molar-refractivity contribution in [2.75, 3.05) is 0 Å². The first-order chi connectivity index (χ1) is 9.26. The minimum Gasteiger partial charge on any atom is -0.258 e. The van der Waals surface area contributed by atoms with E-state index in [1.807, 2.05) is 12.2 Å². The van der Waals surface area contributed by atoms with Crippen LogP contribution in [0.4, 0.5) is 0 Å². The topological polar surface area (TPSA) is 12.9 Å². The van der Waals surface area contributed by atoms with Crippen LogP contribution >= 0.6 is 0 Å². The highest BCUT2D eigenvalue weighted by molar-refractivity contribution is 5.12. The molecule has 0 bridgehead atoms. The van der Waals surface area contributed by atoms with Gasteiger partial charge in [-0.25, -0.2) is 0 Å². The van der Waals surface area contributed by atoms with Crippen LogP contribution in [0.3, 0.4) is 0 Å². The second-order valence-corrected chi connectivity index (χ2v) is 5.34. The summed E-state index contributed by atoms with van der Waals surface area (Å²) in [6, 6.07) is 6.43. The highest BCUT2D eigenvalue weighted by atomic mass is 14.7. The van der Waals surface area contributed by atoms with Gasteiger partial charge in [-0.15, -0.1) is 13.2 Å². The molecular weight excluding hydrogens is 230 g/mol. The van der Waals surface area contributed by atoms with Crippen LogP contribution in [0.5, 0.6) is 0 Å². The number of unbranched alkanes of at least 4 members (excludes halogenated alkanes) is 3. The third-order valence-electron chi connectivity index (χ3n) is 3.33. The Kier molecular flexibility index (Phi) is 7.88. The van der Waals surface area contributed by atoms with Gasteiger partial charge in [0.15, 0.2) is 0 Å². The first-order valence-corrected chi connectivity index (χ1v) is 7.43. The minimum absolute atomic E-state index is 0.632. The normalized spacial score (nSPS) is 12.1. The van der Waals surface area contributed by atoms with E-state index in [-0.39, 0.29) is 0 Å². The second kappa shape index (κ2) is 9.55. The first kappa shape index (κ1) is 15.7. The third-order valence-corrected chi connectivity index (χ3v) is 3.33. The fourth-order valence-corrected chi connectivity index (χ4v) is 2.28. The number of nitrogens with zero attached hydrogens (tertiary/aromatic N) is 1. The van der Waals surface area contributed by atoms with Crippen molar-refractivity contribution in [3.05, 3.63) is 54.9 Å². The maximum Gasteiger partial charge on any atom is 0.0409 e. The van der Waals surface area contributed by atoms with Crippen LogP contribution in [0, 0.1) is 5.92 Å². The highest BCUT2D eigenvalue weighted by Gasteiger charge is 2.04. The molecule has 1 nitrogen and oxygen atoms in total. The molecule has 0 saturated heterocycles. The molecule has 0 saturated carbocycles. The summed E-state index contributed by atoms with van der Waals surface area (Å²) < 4.78 is 0. The van der Waals surface area contributed by atoms with Crippen LogP contribution in [-0.2, 0) is 12.8 Å². The van der Waals surface area contributed by atoms with Gasteiger partial charge >= 0.3 is 0 Å². The van der Waals surface area contributed by atoms with Gasteiger partial charge in [-0.05, 0) is 56.6 Å². The number of aromatic nitrogens is 1. The lowest BCUT2D eigenvalue weighted by Gasteiger charge is -2.09. The summed E-state index contributed by atoms with van der Waals surface area (Å²) in [7, 11) is 0. The molecule has 19 heavy (non-hydrogen) atoms. The predicted molar refractivity (Wildman–Crippen MR) is 84.3 cm³/mol. The van der Waals surface area contributed by atoms with Crippen LogP contribution < -0.4 is 0 Å². The zero-order chi connectivity index (χ0) is 13.9. The van der Waals surface area contributed by atoms with Gasteiger partial charge in [0.1, 0.15) is 0 Å². The molecule has 0 amide bonds. The highest BCUT2D eigenvalue weighted by Crippen LogP contribution is 2.12. The Balaban J connectivity index is 2.38. The Hall–Kier alpha value is -1.37. The van der Waals surface area contributed by atoms with Crippen molar-refractivity contribution in [2.24, 2.45) is 5.92 Å². The van der Waals surface area contributed by atoms with Crippen molar-refractivity contribution >= 4 is 0 Å². The number of hydrogen-bond donors (Lipinski definition) is 0. The van der Waals surface area contributed by atoms with Gasteiger partial charge < -0.3 is 0 Å². The van der Waals surface area contributed by atoms with Crippen LogP contribution in [-0.4, -0.2) is 4.98 Å². The van der Waals surface area contributed by atoms with E-state index in [0.717, 1.165) is 25.7 Å². The average Bonchev–Trinajstić information content (AvgIpc) is 2.39. The lowest BCUT2D eigenvalue weighted by Crippen LogP contribution is -2.02. The standard InChI is InChI=1S/C18H27N/c1-4-6-7-8-9-12-17-13-10-14-18(19-17)15-16(3)11-5-2/h4-5,10,13-14,16H,1-2,6-9,11-12,15H2,3H3. The molecule has 104 valence electrons. The van der Waals surface area contributed by atoms with Crippen LogP contribution in [0.15, 0.2) is 43.5 Å². The molecule has 1 unspecified atom stereocenters. The summed E-state index contributed by atoms with van der Waals surface area (Å²) in [4.78, 5) is 4.76. The zero-order valence-corrected chi connectivity index (χ0v) is 12.3. The van der Waals surface area contributed by atoms with Gasteiger partial charge in [-0.3, -0.25) is 4.98 Å². The van der Waals surface area contributed by atoms with Gasteiger partial charge in [0.2, 0.25) is 0 Å². The molecule has 0 aliphatic rings. The fourth-order valence-electron chi connectivity index (χ4n) is 2.28. The predicted octanol–water partition coefficient (Wildman–Crippen LogP) is 5.13. The second-order valence-electron chi connectivity index (χ2n) is 5.34. The van der Waals surface area contributed by atoms with E-state index < -0.39 is 0 Å². The van der Waals surface area contributed by atoms with Crippen molar-refractivity contribution in [1.29, 1.82) is 0 Å². The van der Waals surface area contributed by atoms with E-state index >= 15 is 0 Å². The van der Waals surface area contributed by atoms with E-state index in [9.17, 15) is 0 Å². The maximum absolute atomic E-state index is 4.76. The van der Waals surface area contributed by atoms with E-state index in [1.165, 1.54) is 30.7 Å². The van der Waals surface area contributed by atoms with Gasteiger partial charge in [0.25, 0.3) is 0 Å². The third kappa shape index (κ3) is 6.95. The largest absolute Gasteiger partial charge is 0.258 e. The van der Waals surface area contributed by atoms with Crippen molar-refractivity contribution in [1.82, 2.24) is 4.98 Å². The summed E-state index contributed by atoms with van der Waals surface area (Å²) in [6.45, 7) is 9.80. The summed E-state index contributed by atoms with van der Waals surface area (Å²) in [6.07, 6.45) is 12.1. The molecule has 1 aromatic heterocycles. The van der Waals surface area contributed by atoms with Crippen LogP contribution in [0.25, 0.3) is 0 Å². The van der Waals surface area contributed by atoms with Crippen molar-refractivity contribution in [3.63, 3.8) is 0 Å². The SMILES string of the molecule is C=CCCCCCc1cccc(CC(C)CC=C)n1. The minimum atomic E-state index is 0.632. The molecule has 0 aromatic carbocycles. The van der Waals surface area contributed by atoms with E-state index in [2.05, 4.69) is 38.3 Å². The quantitative estimate of drug-likeness (QED) is 0.418. The molecule has 0 aliphatic carbocycles. The Morgan fingerprint density at radius 3 is 2.63 bits per heavy atom. The first-order valence-electron chi connectivity index (χ1n) is 7.43. The number of rotatable bonds is 10. The summed E-state index contributed by atoms with van der Waals surface area (Å²) in [5.41, 5.74) is 2.46. The Morgan fingerprint density at radius 1 is 1.11 bits per heavy atom. The van der Waals surface area contributed by atoms with Gasteiger partial charge in [-0.2, -0.15) is 0 Å².